The summed E-state index contributed by atoms with van der Waals surface area (Å²) in [4.78, 5) is 25.4. The predicted octanol–water partition coefficient (Wildman–Crippen LogP) is 2.02. The highest BCUT2D eigenvalue weighted by Crippen LogP contribution is 2.20. The van der Waals surface area contributed by atoms with E-state index >= 15 is 0 Å². The van der Waals surface area contributed by atoms with Gasteiger partial charge in [-0.05, 0) is 36.4 Å². The first-order valence-electron chi connectivity index (χ1n) is 8.13. The van der Waals surface area contributed by atoms with Crippen LogP contribution in [0.15, 0.2) is 48.5 Å². The Morgan fingerprint density at radius 3 is 2.35 bits per heavy atom. The summed E-state index contributed by atoms with van der Waals surface area (Å²) in [6.07, 6.45) is 0.151. The number of hydrogen-bond acceptors (Lipinski definition) is 5. The highest BCUT2D eigenvalue weighted by molar-refractivity contribution is 5.94. The van der Waals surface area contributed by atoms with Gasteiger partial charge in [-0.25, -0.2) is 0 Å². The summed E-state index contributed by atoms with van der Waals surface area (Å²) in [5.41, 5.74) is 6.69. The van der Waals surface area contributed by atoms with Gasteiger partial charge in [-0.3, -0.25) is 9.59 Å². The number of nitrogens with one attached hydrogen (secondary N) is 1. The van der Waals surface area contributed by atoms with Crippen molar-refractivity contribution in [2.24, 2.45) is 5.73 Å². The summed E-state index contributed by atoms with van der Waals surface area (Å²) in [6, 6.07) is 14.4. The lowest BCUT2D eigenvalue weighted by Crippen LogP contribution is -2.35. The van der Waals surface area contributed by atoms with E-state index in [2.05, 4.69) is 5.32 Å². The third kappa shape index (κ3) is 5.70. The monoisotopic (exact) mass is 357 g/mol. The molecule has 0 aliphatic heterocycles. The zero-order valence-corrected chi connectivity index (χ0v) is 14.9. The van der Waals surface area contributed by atoms with E-state index in [0.717, 1.165) is 5.69 Å². The van der Waals surface area contributed by atoms with E-state index in [4.69, 9.17) is 15.2 Å². The smallest absolute Gasteiger partial charge is 0.243 e. The van der Waals surface area contributed by atoms with Gasteiger partial charge in [-0.2, -0.15) is 0 Å². The molecule has 7 nitrogen and oxygen atoms in total. The zero-order chi connectivity index (χ0) is 18.9. The van der Waals surface area contributed by atoms with Crippen molar-refractivity contribution in [3.8, 4) is 11.5 Å². The van der Waals surface area contributed by atoms with Gasteiger partial charge in [0.15, 0.2) is 0 Å². The molecule has 3 N–H and O–H groups in total. The fraction of sp³-hybridized carbons (Fsp3) is 0.263. The molecule has 0 unspecified atom stereocenters. The summed E-state index contributed by atoms with van der Waals surface area (Å²) in [7, 11) is 3.15. The fourth-order valence-electron chi connectivity index (χ4n) is 2.41. The van der Waals surface area contributed by atoms with E-state index in [0.29, 0.717) is 23.7 Å². The van der Waals surface area contributed by atoms with Crippen molar-refractivity contribution < 1.29 is 19.1 Å². The van der Waals surface area contributed by atoms with Crippen LogP contribution in [0.4, 0.5) is 11.4 Å². The minimum absolute atomic E-state index is 0.0802. The minimum atomic E-state index is -0.420. The van der Waals surface area contributed by atoms with Gasteiger partial charge in [0.2, 0.25) is 11.8 Å². The van der Waals surface area contributed by atoms with Crippen LogP contribution >= 0.6 is 0 Å². The second-order valence-corrected chi connectivity index (χ2v) is 5.62. The van der Waals surface area contributed by atoms with Crippen molar-refractivity contribution in [3.63, 3.8) is 0 Å². The third-order valence-corrected chi connectivity index (χ3v) is 3.75. The molecule has 2 amide bonds. The molecule has 26 heavy (non-hydrogen) atoms. The molecule has 0 radical (unpaired) electrons. The topological polar surface area (TPSA) is 93.9 Å². The second kappa shape index (κ2) is 9.31. The van der Waals surface area contributed by atoms with E-state index < -0.39 is 5.91 Å². The van der Waals surface area contributed by atoms with Gasteiger partial charge in [0.05, 0.1) is 20.8 Å². The Kier molecular flexibility index (Phi) is 6.84. The Hall–Kier alpha value is -3.22. The maximum atomic E-state index is 12.4. The molecule has 2 aromatic carbocycles. The number of anilines is 2. The lowest BCUT2D eigenvalue weighted by Gasteiger charge is -2.24. The second-order valence-electron chi connectivity index (χ2n) is 5.62. The van der Waals surface area contributed by atoms with Crippen molar-refractivity contribution in [3.05, 3.63) is 48.5 Å². The van der Waals surface area contributed by atoms with E-state index in [1.165, 1.54) is 0 Å². The van der Waals surface area contributed by atoms with E-state index in [1.807, 2.05) is 12.1 Å². The van der Waals surface area contributed by atoms with Crippen LogP contribution in [0.25, 0.3) is 0 Å². The maximum Gasteiger partial charge on any atom is 0.243 e. The number of primary amides is 1. The number of amides is 2. The van der Waals surface area contributed by atoms with Crippen LogP contribution in [0.1, 0.15) is 6.42 Å². The lowest BCUT2D eigenvalue weighted by molar-refractivity contribution is -0.118. The Bertz CT molecular complexity index is 747. The average molecular weight is 357 g/mol. The van der Waals surface area contributed by atoms with Crippen molar-refractivity contribution >= 4 is 23.2 Å². The zero-order valence-electron chi connectivity index (χ0n) is 14.9. The van der Waals surface area contributed by atoms with Crippen LogP contribution < -0.4 is 25.4 Å². The number of carbonyl (C=O) groups excluding carboxylic acids is 2. The lowest BCUT2D eigenvalue weighted by atomic mass is 10.2. The molecule has 0 saturated carbocycles. The normalized spacial score (nSPS) is 10.1. The molecule has 0 heterocycles. The molecule has 0 saturated heterocycles. The first-order valence-corrected chi connectivity index (χ1v) is 8.13. The van der Waals surface area contributed by atoms with Gasteiger partial charge < -0.3 is 25.4 Å². The maximum absolute atomic E-state index is 12.4. The quantitative estimate of drug-likeness (QED) is 0.716. The van der Waals surface area contributed by atoms with Gasteiger partial charge in [0.25, 0.3) is 0 Å². The molecule has 2 aromatic rings. The van der Waals surface area contributed by atoms with Crippen LogP contribution in [0.3, 0.4) is 0 Å². The van der Waals surface area contributed by atoms with Crippen LogP contribution in [0.5, 0.6) is 11.5 Å². The summed E-state index contributed by atoms with van der Waals surface area (Å²) in [6.45, 7) is 0.421. The molecule has 0 spiro atoms. The molecular weight excluding hydrogens is 334 g/mol. The minimum Gasteiger partial charge on any atom is -0.497 e. The summed E-state index contributed by atoms with van der Waals surface area (Å²) >= 11 is 0. The summed E-state index contributed by atoms with van der Waals surface area (Å²) in [5, 5.41) is 2.83. The highest BCUT2D eigenvalue weighted by Gasteiger charge is 2.13. The van der Waals surface area contributed by atoms with E-state index in [-0.39, 0.29) is 18.9 Å². The Balaban J connectivity index is 2.08. The molecule has 0 atom stereocenters. The molecule has 0 aromatic heterocycles. The summed E-state index contributed by atoms with van der Waals surface area (Å²) < 4.78 is 10.3. The van der Waals surface area contributed by atoms with Crippen LogP contribution in [0, 0.1) is 0 Å². The number of ether oxygens (including phenoxy) is 2. The Morgan fingerprint density at radius 2 is 1.73 bits per heavy atom. The largest absolute Gasteiger partial charge is 0.497 e. The molecule has 0 bridgehead atoms. The number of hydrogen-bond donors (Lipinski definition) is 2. The van der Waals surface area contributed by atoms with Crippen molar-refractivity contribution in [2.45, 2.75) is 6.42 Å². The molecule has 2 rings (SSSR count). The average Bonchev–Trinajstić information content (AvgIpc) is 2.65. The molecule has 0 aliphatic carbocycles. The molecular formula is C19H23N3O4. The van der Waals surface area contributed by atoms with Crippen LogP contribution in [-0.2, 0) is 9.59 Å². The molecule has 0 fully saturated rings. The van der Waals surface area contributed by atoms with Gasteiger partial charge in [0.1, 0.15) is 11.5 Å². The van der Waals surface area contributed by atoms with Crippen LogP contribution in [-0.4, -0.2) is 39.1 Å². The molecule has 7 heteroatoms. The van der Waals surface area contributed by atoms with Crippen molar-refractivity contribution in [2.75, 3.05) is 37.5 Å². The summed E-state index contributed by atoms with van der Waals surface area (Å²) in [5.74, 6) is 0.739. The number of nitrogens with zero attached hydrogens (tertiary/aromatic N) is 1. The Morgan fingerprint density at radius 1 is 1.04 bits per heavy atom. The first-order chi connectivity index (χ1) is 12.5. The van der Waals surface area contributed by atoms with Gasteiger partial charge in [-0.1, -0.05) is 6.07 Å². The van der Waals surface area contributed by atoms with Crippen LogP contribution in [0.2, 0.25) is 0 Å². The number of nitrogens with two attached hydrogens (primary N) is 1. The van der Waals surface area contributed by atoms with Crippen molar-refractivity contribution in [1.29, 1.82) is 0 Å². The number of benzene rings is 2. The fourth-order valence-corrected chi connectivity index (χ4v) is 2.41. The van der Waals surface area contributed by atoms with Gasteiger partial charge in [0, 0.05) is 30.4 Å². The Labute approximate surface area is 152 Å². The van der Waals surface area contributed by atoms with E-state index in [1.54, 1.807) is 55.5 Å². The van der Waals surface area contributed by atoms with Gasteiger partial charge >= 0.3 is 0 Å². The van der Waals surface area contributed by atoms with E-state index in [9.17, 15) is 9.59 Å². The third-order valence-electron chi connectivity index (χ3n) is 3.75. The highest BCUT2D eigenvalue weighted by atomic mass is 16.5. The standard InChI is InChI=1S/C19H23N3O4/c1-25-16-8-6-15(7-9-16)22(11-10-18(20)23)13-19(24)21-14-4-3-5-17(12-14)26-2/h3-9,12H,10-11,13H2,1-2H3,(H2,20,23)(H,21,24). The first kappa shape index (κ1) is 19.1. The number of methoxy groups -OCH3 is 2. The SMILES string of the molecule is COc1ccc(N(CCC(N)=O)CC(=O)Nc2cccc(OC)c2)cc1. The van der Waals surface area contributed by atoms with Gasteiger partial charge in [-0.15, -0.1) is 0 Å². The molecule has 138 valence electrons. The number of carbonyl (C=O) groups is 2. The molecule has 0 aliphatic rings. The predicted molar refractivity (Wildman–Crippen MR) is 101 cm³/mol. The van der Waals surface area contributed by atoms with Crippen molar-refractivity contribution in [1.82, 2.24) is 0 Å². The number of rotatable bonds is 9.